The summed E-state index contributed by atoms with van der Waals surface area (Å²) in [5.41, 5.74) is 0.939. The molecule has 1 N–H and O–H groups in total. The van der Waals surface area contributed by atoms with Crippen LogP contribution in [0.4, 0.5) is 0 Å². The molecule has 0 bridgehead atoms. The maximum Gasteiger partial charge on any atom is 0.270 e. The summed E-state index contributed by atoms with van der Waals surface area (Å²) < 4.78 is 0. The minimum absolute atomic E-state index is 0.0565. The van der Waals surface area contributed by atoms with Gasteiger partial charge >= 0.3 is 0 Å². The Balaban J connectivity index is 1.61. The van der Waals surface area contributed by atoms with Gasteiger partial charge in [0.15, 0.2) is 0 Å². The van der Waals surface area contributed by atoms with Crippen LogP contribution < -0.4 is 0 Å². The fraction of sp³-hybridized carbons (Fsp3) is 0.562. The van der Waals surface area contributed by atoms with E-state index in [-0.39, 0.29) is 11.8 Å². The molecule has 22 heavy (non-hydrogen) atoms. The first kappa shape index (κ1) is 14.6. The van der Waals surface area contributed by atoms with E-state index >= 15 is 0 Å². The van der Waals surface area contributed by atoms with Gasteiger partial charge in [-0.2, -0.15) is 5.26 Å². The van der Waals surface area contributed by atoms with E-state index in [1.807, 2.05) is 15.9 Å². The molecule has 2 aliphatic rings. The number of likely N-dealkylation sites (tertiary alicyclic amines) is 2. The lowest BCUT2D eigenvalue weighted by Gasteiger charge is -2.34. The molecule has 116 valence electrons. The Morgan fingerprint density at radius 2 is 2.27 bits per heavy atom. The first-order valence-corrected chi connectivity index (χ1v) is 7.83. The van der Waals surface area contributed by atoms with Crippen molar-refractivity contribution in [3.05, 3.63) is 23.5 Å². The zero-order valence-electron chi connectivity index (χ0n) is 12.5. The number of piperidine rings is 1. The Labute approximate surface area is 129 Å². The highest BCUT2D eigenvalue weighted by Crippen LogP contribution is 2.22. The third-order valence-electron chi connectivity index (χ3n) is 4.50. The van der Waals surface area contributed by atoms with Crippen molar-refractivity contribution in [1.82, 2.24) is 14.8 Å². The predicted molar refractivity (Wildman–Crippen MR) is 79.9 cm³/mol. The zero-order valence-corrected chi connectivity index (χ0v) is 12.5. The second-order valence-corrected chi connectivity index (χ2v) is 6.12. The van der Waals surface area contributed by atoms with E-state index in [0.717, 1.165) is 38.9 Å². The smallest absolute Gasteiger partial charge is 0.270 e. The van der Waals surface area contributed by atoms with Gasteiger partial charge in [-0.05, 0) is 31.2 Å². The van der Waals surface area contributed by atoms with E-state index in [1.165, 1.54) is 0 Å². The summed E-state index contributed by atoms with van der Waals surface area (Å²) >= 11 is 0. The Bertz CT molecular complexity index is 616. The van der Waals surface area contributed by atoms with E-state index in [4.69, 9.17) is 5.26 Å². The lowest BCUT2D eigenvalue weighted by atomic mass is 9.97. The van der Waals surface area contributed by atoms with E-state index in [9.17, 15) is 9.59 Å². The van der Waals surface area contributed by atoms with Gasteiger partial charge in [0.1, 0.15) is 11.8 Å². The van der Waals surface area contributed by atoms with Crippen molar-refractivity contribution in [2.24, 2.45) is 5.92 Å². The molecule has 3 rings (SSSR count). The number of H-pyrrole nitrogens is 1. The molecule has 2 saturated heterocycles. The molecule has 0 aliphatic carbocycles. The van der Waals surface area contributed by atoms with E-state index in [1.54, 1.807) is 12.3 Å². The van der Waals surface area contributed by atoms with Crippen molar-refractivity contribution in [3.8, 4) is 6.07 Å². The molecule has 0 radical (unpaired) electrons. The average molecular weight is 300 g/mol. The minimum atomic E-state index is -0.0565. The number of aromatic nitrogens is 1. The van der Waals surface area contributed by atoms with Crippen LogP contribution in [0.15, 0.2) is 12.3 Å². The molecule has 2 aliphatic heterocycles. The number of nitrogens with zero attached hydrogens (tertiary/aromatic N) is 3. The number of carbonyl (C=O) groups excluding carboxylic acids is 2. The van der Waals surface area contributed by atoms with Gasteiger partial charge in [-0.15, -0.1) is 0 Å². The first-order valence-electron chi connectivity index (χ1n) is 7.83. The van der Waals surface area contributed by atoms with Crippen LogP contribution in [0.5, 0.6) is 0 Å². The molecule has 0 aromatic carbocycles. The van der Waals surface area contributed by atoms with Gasteiger partial charge in [-0.25, -0.2) is 0 Å². The summed E-state index contributed by atoms with van der Waals surface area (Å²) in [4.78, 5) is 30.8. The molecular formula is C16H20N4O2. The average Bonchev–Trinajstić information content (AvgIpc) is 3.16. The molecule has 2 fully saturated rings. The van der Waals surface area contributed by atoms with E-state index in [0.29, 0.717) is 30.1 Å². The second-order valence-electron chi connectivity index (χ2n) is 6.12. The van der Waals surface area contributed by atoms with Gasteiger partial charge in [-0.1, -0.05) is 0 Å². The number of amides is 2. The maximum atomic E-state index is 12.5. The summed E-state index contributed by atoms with van der Waals surface area (Å²) in [5, 5.41) is 8.84. The maximum absolute atomic E-state index is 12.5. The molecule has 0 saturated carbocycles. The first-order chi connectivity index (χ1) is 10.7. The van der Waals surface area contributed by atoms with Crippen molar-refractivity contribution in [3.63, 3.8) is 0 Å². The number of carbonyl (C=O) groups is 2. The van der Waals surface area contributed by atoms with Crippen LogP contribution in [0.2, 0.25) is 0 Å². The molecular weight excluding hydrogens is 280 g/mol. The summed E-state index contributed by atoms with van der Waals surface area (Å²) in [5.74, 6) is 0.538. The fourth-order valence-corrected chi connectivity index (χ4v) is 3.36. The number of rotatable bonds is 3. The van der Waals surface area contributed by atoms with Crippen LogP contribution in [0.1, 0.15) is 41.7 Å². The quantitative estimate of drug-likeness (QED) is 0.915. The number of hydrogen-bond acceptors (Lipinski definition) is 3. The van der Waals surface area contributed by atoms with Gasteiger partial charge < -0.3 is 14.8 Å². The lowest BCUT2D eigenvalue weighted by Crippen LogP contribution is -2.44. The highest BCUT2D eigenvalue weighted by atomic mass is 16.2. The highest BCUT2D eigenvalue weighted by Gasteiger charge is 2.29. The van der Waals surface area contributed by atoms with Crippen molar-refractivity contribution in [1.29, 1.82) is 5.26 Å². The summed E-state index contributed by atoms with van der Waals surface area (Å²) in [6.45, 7) is 3.04. The predicted octanol–water partition coefficient (Wildman–Crippen LogP) is 1.36. The molecule has 1 aromatic rings. The number of nitriles is 1. The third-order valence-corrected chi connectivity index (χ3v) is 4.50. The second kappa shape index (κ2) is 6.22. The number of nitrogens with one attached hydrogen (secondary N) is 1. The molecule has 2 amide bonds. The van der Waals surface area contributed by atoms with Gasteiger partial charge in [-0.3, -0.25) is 9.59 Å². The number of aromatic amines is 1. The standard InChI is InChI=1S/C16H20N4O2/c17-8-13-7-14(18-9-13)16(22)20-6-1-3-12(11-20)10-19-5-2-4-15(19)21/h7,9,12,18H,1-6,10-11H2. The fourth-order valence-electron chi connectivity index (χ4n) is 3.36. The van der Waals surface area contributed by atoms with E-state index < -0.39 is 0 Å². The molecule has 3 heterocycles. The molecule has 1 unspecified atom stereocenters. The summed E-state index contributed by atoms with van der Waals surface area (Å²) in [6.07, 6.45) is 5.19. The van der Waals surface area contributed by atoms with Crippen molar-refractivity contribution < 1.29 is 9.59 Å². The summed E-state index contributed by atoms with van der Waals surface area (Å²) in [7, 11) is 0. The van der Waals surface area contributed by atoms with Gasteiger partial charge in [0.05, 0.1) is 5.56 Å². The van der Waals surface area contributed by atoms with Crippen LogP contribution in [0.25, 0.3) is 0 Å². The summed E-state index contributed by atoms with van der Waals surface area (Å²) in [6, 6.07) is 3.61. The molecule has 1 aromatic heterocycles. The van der Waals surface area contributed by atoms with Crippen molar-refractivity contribution in [2.45, 2.75) is 25.7 Å². The topological polar surface area (TPSA) is 80.2 Å². The normalized spacial score (nSPS) is 22.0. The Morgan fingerprint density at radius 3 is 2.95 bits per heavy atom. The third kappa shape index (κ3) is 2.98. The van der Waals surface area contributed by atoms with Crippen LogP contribution in [0, 0.1) is 17.2 Å². The Morgan fingerprint density at radius 1 is 1.41 bits per heavy atom. The van der Waals surface area contributed by atoms with Crippen molar-refractivity contribution in [2.75, 3.05) is 26.2 Å². The van der Waals surface area contributed by atoms with Gasteiger partial charge in [0.2, 0.25) is 5.91 Å². The van der Waals surface area contributed by atoms with Gasteiger partial charge in [0, 0.05) is 38.8 Å². The van der Waals surface area contributed by atoms with Crippen LogP contribution in [-0.2, 0) is 4.79 Å². The van der Waals surface area contributed by atoms with Crippen LogP contribution >= 0.6 is 0 Å². The Hall–Kier alpha value is -2.29. The highest BCUT2D eigenvalue weighted by molar-refractivity contribution is 5.93. The molecule has 6 heteroatoms. The van der Waals surface area contributed by atoms with Crippen LogP contribution in [0.3, 0.4) is 0 Å². The lowest BCUT2D eigenvalue weighted by molar-refractivity contribution is -0.128. The van der Waals surface area contributed by atoms with Gasteiger partial charge in [0.25, 0.3) is 5.91 Å². The largest absolute Gasteiger partial charge is 0.356 e. The SMILES string of the molecule is N#Cc1c[nH]c(C(=O)N2CCCC(CN3CCCC3=O)C2)c1. The van der Waals surface area contributed by atoms with E-state index in [2.05, 4.69) is 4.98 Å². The molecule has 0 spiro atoms. The molecule has 1 atom stereocenters. The van der Waals surface area contributed by atoms with Crippen LogP contribution in [-0.4, -0.2) is 52.8 Å². The van der Waals surface area contributed by atoms with Crippen molar-refractivity contribution >= 4 is 11.8 Å². The number of hydrogen-bond donors (Lipinski definition) is 1. The monoisotopic (exact) mass is 300 g/mol. The minimum Gasteiger partial charge on any atom is -0.356 e. The Kier molecular flexibility index (Phi) is 4.14. The zero-order chi connectivity index (χ0) is 15.5. The molecule has 6 nitrogen and oxygen atoms in total.